The van der Waals surface area contributed by atoms with Crippen LogP contribution >= 0.6 is 0 Å². The number of aromatic nitrogens is 5. The maximum atomic E-state index is 13.4. The summed E-state index contributed by atoms with van der Waals surface area (Å²) < 4.78 is 60.8. The number of nitrogens with one attached hydrogen (secondary N) is 1. The highest BCUT2D eigenvalue weighted by molar-refractivity contribution is 7.93. The van der Waals surface area contributed by atoms with Crippen LogP contribution in [0.4, 0.5) is 10.3 Å². The van der Waals surface area contributed by atoms with Crippen molar-refractivity contribution in [1.29, 1.82) is 0 Å². The number of rotatable bonds is 9. The molecule has 2 aromatic heterocycles. The van der Waals surface area contributed by atoms with Gasteiger partial charge in [0, 0.05) is 18.4 Å². The highest BCUT2D eigenvalue weighted by atomic mass is 32.2. The average Bonchev–Trinajstić information content (AvgIpc) is 3.52. The van der Waals surface area contributed by atoms with Crippen LogP contribution in [0.3, 0.4) is 0 Å². The molecule has 1 unspecified atom stereocenters. The van der Waals surface area contributed by atoms with Gasteiger partial charge in [-0.1, -0.05) is 13.0 Å². The molecule has 35 heavy (non-hydrogen) atoms. The maximum absolute atomic E-state index is 13.4. The summed E-state index contributed by atoms with van der Waals surface area (Å²) in [6.45, 7) is 4.17. The second-order valence-electron chi connectivity index (χ2n) is 8.19. The topological polar surface area (TPSA) is 130 Å². The normalized spacial score (nSPS) is 17.7. The molecule has 3 aromatic rings. The van der Waals surface area contributed by atoms with Crippen LogP contribution in [-0.2, 0) is 14.8 Å². The van der Waals surface area contributed by atoms with Gasteiger partial charge in [-0.15, -0.1) is 10.2 Å². The van der Waals surface area contributed by atoms with Crippen LogP contribution in [0.15, 0.2) is 30.6 Å². The molecule has 1 fully saturated rings. The van der Waals surface area contributed by atoms with E-state index in [9.17, 15) is 12.8 Å². The first-order valence-corrected chi connectivity index (χ1v) is 12.5. The number of ether oxygens (including phenoxy) is 3. The van der Waals surface area contributed by atoms with Crippen LogP contribution in [0, 0.1) is 5.82 Å². The molecular weight excluding hydrogens is 479 g/mol. The van der Waals surface area contributed by atoms with E-state index in [1.54, 1.807) is 29.7 Å². The number of hydrogen-bond donors (Lipinski definition) is 1. The number of benzene rings is 1. The molecular formula is C22H27FN6O5S. The Morgan fingerprint density at radius 2 is 1.80 bits per heavy atom. The van der Waals surface area contributed by atoms with Crippen molar-refractivity contribution in [2.24, 2.45) is 0 Å². The van der Waals surface area contributed by atoms with Gasteiger partial charge in [0.1, 0.15) is 28.8 Å². The zero-order valence-corrected chi connectivity index (χ0v) is 20.6. The summed E-state index contributed by atoms with van der Waals surface area (Å²) in [6.07, 6.45) is 2.72. The molecule has 1 N–H and O–H groups in total. The van der Waals surface area contributed by atoms with Gasteiger partial charge in [-0.2, -0.15) is 0 Å². The van der Waals surface area contributed by atoms with Crippen molar-refractivity contribution in [2.45, 2.75) is 37.4 Å². The Hall–Kier alpha value is -3.32. The third kappa shape index (κ3) is 4.91. The number of methoxy groups -OCH3 is 2. The summed E-state index contributed by atoms with van der Waals surface area (Å²) in [6, 6.07) is 5.24. The van der Waals surface area contributed by atoms with Crippen molar-refractivity contribution < 1.29 is 27.0 Å². The molecule has 3 heterocycles. The Balaban J connectivity index is 1.76. The second kappa shape index (κ2) is 10.1. The minimum absolute atomic E-state index is 0.0197. The molecule has 0 saturated carbocycles. The number of hydrogen-bond acceptors (Lipinski definition) is 9. The Kier molecular flexibility index (Phi) is 7.17. The zero-order chi connectivity index (χ0) is 25.2. The first-order chi connectivity index (χ1) is 16.8. The van der Waals surface area contributed by atoms with Gasteiger partial charge >= 0.3 is 0 Å². The number of para-hydroxylation sites is 1. The molecule has 1 aliphatic heterocycles. The smallest absolute Gasteiger partial charge is 0.243 e. The van der Waals surface area contributed by atoms with Crippen molar-refractivity contribution >= 4 is 16.0 Å². The van der Waals surface area contributed by atoms with E-state index < -0.39 is 27.0 Å². The average molecular weight is 507 g/mol. The van der Waals surface area contributed by atoms with Crippen molar-refractivity contribution in [3.05, 3.63) is 48.1 Å². The Labute approximate surface area is 202 Å². The minimum Gasteiger partial charge on any atom is -0.494 e. The summed E-state index contributed by atoms with van der Waals surface area (Å²) >= 11 is 0. The summed E-state index contributed by atoms with van der Waals surface area (Å²) in [5.74, 6) is 0.279. The largest absolute Gasteiger partial charge is 0.494 e. The molecule has 4 rings (SSSR count). The lowest BCUT2D eigenvalue weighted by Crippen LogP contribution is -2.31. The molecule has 188 valence electrons. The molecule has 0 radical (unpaired) electrons. The van der Waals surface area contributed by atoms with Gasteiger partial charge in [0.2, 0.25) is 16.0 Å². The van der Waals surface area contributed by atoms with E-state index in [-0.39, 0.29) is 17.7 Å². The zero-order valence-electron chi connectivity index (χ0n) is 19.8. The predicted molar refractivity (Wildman–Crippen MR) is 125 cm³/mol. The van der Waals surface area contributed by atoms with E-state index in [1.807, 2.05) is 0 Å². The van der Waals surface area contributed by atoms with Crippen LogP contribution in [0.25, 0.3) is 5.69 Å². The van der Waals surface area contributed by atoms with E-state index in [0.717, 1.165) is 12.4 Å². The third-order valence-corrected chi connectivity index (χ3v) is 7.94. The lowest BCUT2D eigenvalue weighted by Gasteiger charge is -2.22. The summed E-state index contributed by atoms with van der Waals surface area (Å²) in [5.41, 5.74) is 0.463. The van der Waals surface area contributed by atoms with Crippen LogP contribution in [0.5, 0.6) is 11.5 Å². The Morgan fingerprint density at radius 3 is 2.37 bits per heavy atom. The first kappa shape index (κ1) is 24.8. The van der Waals surface area contributed by atoms with Crippen molar-refractivity contribution in [3.63, 3.8) is 0 Å². The maximum Gasteiger partial charge on any atom is 0.243 e. The van der Waals surface area contributed by atoms with Gasteiger partial charge in [-0.25, -0.2) is 22.8 Å². The SMILES string of the molecule is COc1cccc(OC)c1-n1c(NS(=O)(=O)[C@@H](C)[C@H](C)c2ncc(F)cn2)nnc1C1CCOC1. The molecule has 0 amide bonds. The molecule has 13 heteroatoms. The molecule has 0 spiro atoms. The lowest BCUT2D eigenvalue weighted by molar-refractivity contribution is 0.193. The molecule has 11 nitrogen and oxygen atoms in total. The van der Waals surface area contributed by atoms with Crippen molar-refractivity contribution in [3.8, 4) is 17.2 Å². The number of anilines is 1. The van der Waals surface area contributed by atoms with Crippen LogP contribution in [0.1, 0.15) is 43.8 Å². The molecule has 3 atom stereocenters. The number of sulfonamides is 1. The fourth-order valence-corrected chi connectivity index (χ4v) is 5.13. The van der Waals surface area contributed by atoms with Crippen LogP contribution < -0.4 is 14.2 Å². The minimum atomic E-state index is -4.01. The summed E-state index contributed by atoms with van der Waals surface area (Å²) in [7, 11) is -0.988. The third-order valence-electron chi connectivity index (χ3n) is 6.08. The van der Waals surface area contributed by atoms with E-state index in [4.69, 9.17) is 14.2 Å². The summed E-state index contributed by atoms with van der Waals surface area (Å²) in [4.78, 5) is 7.86. The second-order valence-corrected chi connectivity index (χ2v) is 10.2. The lowest BCUT2D eigenvalue weighted by atomic mass is 10.1. The van der Waals surface area contributed by atoms with Crippen LogP contribution in [0.2, 0.25) is 0 Å². The van der Waals surface area contributed by atoms with Gasteiger partial charge in [0.25, 0.3) is 0 Å². The summed E-state index contributed by atoms with van der Waals surface area (Å²) in [5, 5.41) is 7.51. The van der Waals surface area contributed by atoms with Gasteiger partial charge in [0.15, 0.2) is 5.82 Å². The molecule has 1 aliphatic rings. The van der Waals surface area contributed by atoms with Crippen LogP contribution in [-0.4, -0.2) is 65.8 Å². The molecule has 0 aliphatic carbocycles. The fourth-order valence-electron chi connectivity index (χ4n) is 3.89. The number of nitrogens with zero attached hydrogens (tertiary/aromatic N) is 5. The Morgan fingerprint density at radius 1 is 1.14 bits per heavy atom. The predicted octanol–water partition coefficient (Wildman–Crippen LogP) is 2.65. The van der Waals surface area contributed by atoms with Crippen molar-refractivity contribution in [1.82, 2.24) is 24.7 Å². The van der Waals surface area contributed by atoms with E-state index in [1.165, 1.54) is 21.1 Å². The monoisotopic (exact) mass is 506 g/mol. The quantitative estimate of drug-likeness (QED) is 0.465. The number of halogens is 1. The first-order valence-electron chi connectivity index (χ1n) is 11.0. The molecule has 1 aromatic carbocycles. The highest BCUT2D eigenvalue weighted by Gasteiger charge is 2.34. The van der Waals surface area contributed by atoms with Gasteiger partial charge < -0.3 is 14.2 Å². The van der Waals surface area contributed by atoms with E-state index in [2.05, 4.69) is 24.9 Å². The standard InChI is InChI=1S/C22H27FN6O5S/c1-13(20-24-10-16(23)11-25-20)14(2)35(30,31)28-22-27-26-21(15-8-9-34-12-15)29(22)19-17(32-3)6-5-7-18(19)33-4/h5-7,10-11,13-15H,8-9,12H2,1-4H3,(H,27,28)/t13-,14-,15?/m0/s1. The van der Waals surface area contributed by atoms with E-state index >= 15 is 0 Å². The van der Waals surface area contributed by atoms with E-state index in [0.29, 0.717) is 42.6 Å². The molecule has 1 saturated heterocycles. The Bertz CT molecular complexity index is 1260. The molecule has 0 bridgehead atoms. The van der Waals surface area contributed by atoms with Gasteiger partial charge in [-0.3, -0.25) is 9.29 Å². The highest BCUT2D eigenvalue weighted by Crippen LogP contribution is 2.38. The van der Waals surface area contributed by atoms with Crippen molar-refractivity contribution in [2.75, 3.05) is 32.2 Å². The van der Waals surface area contributed by atoms with Gasteiger partial charge in [-0.05, 0) is 25.5 Å². The fraction of sp³-hybridized carbons (Fsp3) is 0.455. The van der Waals surface area contributed by atoms with Gasteiger partial charge in [0.05, 0.1) is 38.5 Å².